The molecule has 128 valence electrons. The zero-order valence-electron chi connectivity index (χ0n) is 14.2. The van der Waals surface area contributed by atoms with Crippen LogP contribution in [0.25, 0.3) is 0 Å². The van der Waals surface area contributed by atoms with Crippen molar-refractivity contribution >= 4 is 23.2 Å². The average Bonchev–Trinajstić information content (AvgIpc) is 2.96. The van der Waals surface area contributed by atoms with Gasteiger partial charge in [0.2, 0.25) is 11.8 Å². The maximum absolute atomic E-state index is 12.4. The topological polar surface area (TPSA) is 71.1 Å². The first-order valence-electron chi connectivity index (χ1n) is 7.97. The molecular formula is C18H23N3O2S. The standard InChI is InChI=1S/C18H23N3O2S/c1-12(2)17(18(23)19-10-16-20-13(3)11-24-16)21-15(22)9-14-7-5-4-6-8-14/h4-8,11-12,17H,9-10H2,1-3H3,(H,19,23)(H,21,22). The maximum Gasteiger partial charge on any atom is 0.243 e. The van der Waals surface area contributed by atoms with Crippen LogP contribution in [0, 0.1) is 12.8 Å². The molecule has 1 atom stereocenters. The van der Waals surface area contributed by atoms with Crippen LogP contribution in [-0.2, 0) is 22.6 Å². The summed E-state index contributed by atoms with van der Waals surface area (Å²) in [5.74, 6) is -0.331. The lowest BCUT2D eigenvalue weighted by Crippen LogP contribution is -2.49. The molecule has 0 aliphatic heterocycles. The van der Waals surface area contributed by atoms with Crippen molar-refractivity contribution in [2.75, 3.05) is 0 Å². The van der Waals surface area contributed by atoms with Gasteiger partial charge in [-0.3, -0.25) is 9.59 Å². The minimum absolute atomic E-state index is 0.00255. The SMILES string of the molecule is Cc1csc(CNC(=O)C(NC(=O)Cc2ccccc2)C(C)C)n1. The number of aryl methyl sites for hydroxylation is 1. The van der Waals surface area contributed by atoms with Crippen LogP contribution in [0.4, 0.5) is 0 Å². The number of rotatable bonds is 7. The summed E-state index contributed by atoms with van der Waals surface area (Å²) in [7, 11) is 0. The van der Waals surface area contributed by atoms with E-state index in [-0.39, 0.29) is 24.2 Å². The Morgan fingerprint density at radius 3 is 2.50 bits per heavy atom. The summed E-state index contributed by atoms with van der Waals surface area (Å²) in [4.78, 5) is 28.9. The smallest absolute Gasteiger partial charge is 0.243 e. The third kappa shape index (κ3) is 5.45. The molecule has 0 radical (unpaired) electrons. The third-order valence-electron chi connectivity index (χ3n) is 3.55. The first-order chi connectivity index (χ1) is 11.5. The van der Waals surface area contributed by atoms with Crippen molar-refractivity contribution in [2.45, 2.75) is 39.8 Å². The number of thiazole rings is 1. The highest BCUT2D eigenvalue weighted by molar-refractivity contribution is 7.09. The van der Waals surface area contributed by atoms with Crippen LogP contribution in [0.15, 0.2) is 35.7 Å². The highest BCUT2D eigenvalue weighted by Crippen LogP contribution is 2.09. The Bertz CT molecular complexity index is 683. The van der Waals surface area contributed by atoms with E-state index in [4.69, 9.17) is 0 Å². The second-order valence-corrected chi connectivity index (χ2v) is 6.99. The van der Waals surface area contributed by atoms with Crippen LogP contribution in [0.2, 0.25) is 0 Å². The fraction of sp³-hybridized carbons (Fsp3) is 0.389. The maximum atomic E-state index is 12.4. The monoisotopic (exact) mass is 345 g/mol. The summed E-state index contributed by atoms with van der Waals surface area (Å²) >= 11 is 1.51. The molecule has 1 aromatic carbocycles. The van der Waals surface area contributed by atoms with Gasteiger partial charge < -0.3 is 10.6 Å². The van der Waals surface area contributed by atoms with Crippen LogP contribution in [0.1, 0.15) is 30.1 Å². The second-order valence-electron chi connectivity index (χ2n) is 6.05. The Kier molecular flexibility index (Phi) is 6.49. The van der Waals surface area contributed by atoms with Crippen LogP contribution >= 0.6 is 11.3 Å². The van der Waals surface area contributed by atoms with Gasteiger partial charge in [-0.15, -0.1) is 11.3 Å². The average molecular weight is 345 g/mol. The van der Waals surface area contributed by atoms with Crippen LogP contribution < -0.4 is 10.6 Å². The molecule has 6 heteroatoms. The van der Waals surface area contributed by atoms with Crippen molar-refractivity contribution < 1.29 is 9.59 Å². The van der Waals surface area contributed by atoms with Crippen LogP contribution in [-0.4, -0.2) is 22.8 Å². The third-order valence-corrected chi connectivity index (χ3v) is 4.52. The Hall–Kier alpha value is -2.21. The Morgan fingerprint density at radius 2 is 1.92 bits per heavy atom. The number of nitrogens with zero attached hydrogens (tertiary/aromatic N) is 1. The molecule has 0 aliphatic carbocycles. The lowest BCUT2D eigenvalue weighted by molar-refractivity contribution is -0.129. The molecule has 2 N–H and O–H groups in total. The van der Waals surface area contributed by atoms with Gasteiger partial charge in [-0.1, -0.05) is 44.2 Å². The van der Waals surface area contributed by atoms with E-state index in [1.54, 1.807) is 0 Å². The molecule has 1 aromatic heterocycles. The predicted octanol–water partition coefficient (Wildman–Crippen LogP) is 2.45. The predicted molar refractivity (Wildman–Crippen MR) is 95.6 cm³/mol. The van der Waals surface area contributed by atoms with E-state index in [0.717, 1.165) is 16.3 Å². The van der Waals surface area contributed by atoms with Crippen molar-refractivity contribution in [3.63, 3.8) is 0 Å². The summed E-state index contributed by atoms with van der Waals surface area (Å²) in [6.45, 7) is 6.14. The van der Waals surface area contributed by atoms with Gasteiger partial charge in [-0.05, 0) is 18.4 Å². The number of hydrogen-bond donors (Lipinski definition) is 2. The number of carbonyl (C=O) groups is 2. The molecular weight excluding hydrogens is 322 g/mol. The van der Waals surface area contributed by atoms with Gasteiger partial charge in [0.25, 0.3) is 0 Å². The lowest BCUT2D eigenvalue weighted by atomic mass is 10.0. The number of nitrogens with one attached hydrogen (secondary N) is 2. The summed E-state index contributed by atoms with van der Waals surface area (Å²) in [6, 6.07) is 8.94. The summed E-state index contributed by atoms with van der Waals surface area (Å²) < 4.78 is 0. The zero-order valence-corrected chi connectivity index (χ0v) is 15.0. The number of hydrogen-bond acceptors (Lipinski definition) is 4. The van der Waals surface area contributed by atoms with Gasteiger partial charge in [0.05, 0.1) is 13.0 Å². The molecule has 0 saturated heterocycles. The van der Waals surface area contributed by atoms with E-state index in [2.05, 4.69) is 15.6 Å². The van der Waals surface area contributed by atoms with Crippen molar-refractivity contribution in [1.82, 2.24) is 15.6 Å². The first kappa shape index (κ1) is 18.1. The molecule has 5 nitrogen and oxygen atoms in total. The van der Waals surface area contributed by atoms with E-state index in [0.29, 0.717) is 6.54 Å². The van der Waals surface area contributed by atoms with E-state index in [1.807, 2.05) is 56.5 Å². The molecule has 2 amide bonds. The Labute approximate surface area is 146 Å². The van der Waals surface area contributed by atoms with Gasteiger partial charge in [0, 0.05) is 11.1 Å². The van der Waals surface area contributed by atoms with Gasteiger partial charge in [0.15, 0.2) is 0 Å². The van der Waals surface area contributed by atoms with Crippen LogP contribution in [0.5, 0.6) is 0 Å². The molecule has 24 heavy (non-hydrogen) atoms. The van der Waals surface area contributed by atoms with E-state index in [9.17, 15) is 9.59 Å². The van der Waals surface area contributed by atoms with Gasteiger partial charge in [-0.2, -0.15) is 0 Å². The molecule has 2 aromatic rings. The number of amides is 2. The number of carbonyl (C=O) groups excluding carboxylic acids is 2. The Balaban J connectivity index is 1.90. The fourth-order valence-electron chi connectivity index (χ4n) is 2.30. The largest absolute Gasteiger partial charge is 0.348 e. The second kappa shape index (κ2) is 8.59. The molecule has 0 bridgehead atoms. The number of benzene rings is 1. The zero-order chi connectivity index (χ0) is 17.5. The summed E-state index contributed by atoms with van der Waals surface area (Å²) in [5, 5.41) is 8.50. The molecule has 1 heterocycles. The molecule has 0 saturated carbocycles. The normalized spacial score (nSPS) is 12.0. The highest BCUT2D eigenvalue weighted by atomic mass is 32.1. The van der Waals surface area contributed by atoms with Gasteiger partial charge >= 0.3 is 0 Å². The minimum Gasteiger partial charge on any atom is -0.348 e. The van der Waals surface area contributed by atoms with Gasteiger partial charge in [0.1, 0.15) is 11.0 Å². The van der Waals surface area contributed by atoms with E-state index in [1.165, 1.54) is 11.3 Å². The number of aromatic nitrogens is 1. The molecule has 0 spiro atoms. The van der Waals surface area contributed by atoms with E-state index < -0.39 is 6.04 Å². The minimum atomic E-state index is -0.553. The quantitative estimate of drug-likeness (QED) is 0.810. The van der Waals surface area contributed by atoms with Crippen LogP contribution in [0.3, 0.4) is 0 Å². The fourth-order valence-corrected chi connectivity index (χ4v) is 3.01. The molecule has 2 rings (SSSR count). The highest BCUT2D eigenvalue weighted by Gasteiger charge is 2.24. The Morgan fingerprint density at radius 1 is 1.21 bits per heavy atom. The van der Waals surface area contributed by atoms with Crippen molar-refractivity contribution in [1.29, 1.82) is 0 Å². The van der Waals surface area contributed by atoms with E-state index >= 15 is 0 Å². The summed E-state index contributed by atoms with van der Waals surface area (Å²) in [5.41, 5.74) is 1.87. The van der Waals surface area contributed by atoms with Crippen molar-refractivity contribution in [2.24, 2.45) is 5.92 Å². The molecule has 0 fully saturated rings. The van der Waals surface area contributed by atoms with Crippen molar-refractivity contribution in [3.05, 3.63) is 52.0 Å². The molecule has 1 unspecified atom stereocenters. The first-order valence-corrected chi connectivity index (χ1v) is 8.85. The van der Waals surface area contributed by atoms with Crippen molar-refractivity contribution in [3.8, 4) is 0 Å². The lowest BCUT2D eigenvalue weighted by Gasteiger charge is -2.21. The summed E-state index contributed by atoms with van der Waals surface area (Å²) in [6.07, 6.45) is 0.267. The van der Waals surface area contributed by atoms with Gasteiger partial charge in [-0.25, -0.2) is 4.98 Å². The molecule has 0 aliphatic rings.